The number of aryl methyl sites for hydroxylation is 1. The van der Waals surface area contributed by atoms with Gasteiger partial charge in [-0.05, 0) is 25.1 Å². The van der Waals surface area contributed by atoms with Crippen molar-refractivity contribution in [2.24, 2.45) is 0 Å². The van der Waals surface area contributed by atoms with E-state index in [0.29, 0.717) is 33.6 Å². The summed E-state index contributed by atoms with van der Waals surface area (Å²) in [5, 5.41) is 9.47. The van der Waals surface area contributed by atoms with Gasteiger partial charge >= 0.3 is 0 Å². The normalized spacial score (nSPS) is 11.1. The summed E-state index contributed by atoms with van der Waals surface area (Å²) in [5.74, 6) is 0.295. The van der Waals surface area contributed by atoms with Gasteiger partial charge < -0.3 is 11.5 Å². The second-order valence-electron chi connectivity index (χ2n) is 5.95. The van der Waals surface area contributed by atoms with Gasteiger partial charge in [0.25, 0.3) is 0 Å². The maximum Gasteiger partial charge on any atom is 0.220 e. The molecule has 0 fully saturated rings. The van der Waals surface area contributed by atoms with Crippen molar-refractivity contribution in [3.63, 3.8) is 0 Å². The zero-order valence-electron chi connectivity index (χ0n) is 14.6. The van der Waals surface area contributed by atoms with Gasteiger partial charge in [-0.1, -0.05) is 12.1 Å². The molecule has 0 unspecified atom stereocenters. The number of hydrogen-bond donors (Lipinski definition) is 2. The van der Waals surface area contributed by atoms with Crippen LogP contribution in [0.4, 0.5) is 11.8 Å². The van der Waals surface area contributed by atoms with Gasteiger partial charge in [-0.2, -0.15) is 5.26 Å². The number of hydrogen-bond acceptors (Lipinski definition) is 8. The van der Waals surface area contributed by atoms with E-state index >= 15 is 0 Å². The Morgan fingerprint density at radius 2 is 1.78 bits per heavy atom. The van der Waals surface area contributed by atoms with E-state index in [2.05, 4.69) is 21.0 Å². The molecule has 9 heteroatoms. The summed E-state index contributed by atoms with van der Waals surface area (Å²) in [6, 6.07) is 9.83. The summed E-state index contributed by atoms with van der Waals surface area (Å²) >= 11 is 0. The minimum Gasteiger partial charge on any atom is -0.384 e. The maximum atomic E-state index is 11.7. The number of pyridine rings is 1. The van der Waals surface area contributed by atoms with Crippen LogP contribution in [0.2, 0.25) is 0 Å². The first-order valence-corrected chi connectivity index (χ1v) is 9.70. The van der Waals surface area contributed by atoms with Crippen LogP contribution in [0, 0.1) is 18.3 Å². The lowest BCUT2D eigenvalue weighted by Gasteiger charge is -2.14. The van der Waals surface area contributed by atoms with Gasteiger partial charge in [0, 0.05) is 29.1 Å². The van der Waals surface area contributed by atoms with E-state index in [1.807, 2.05) is 0 Å². The predicted octanol–water partition coefficient (Wildman–Crippen LogP) is 1.95. The monoisotopic (exact) mass is 380 g/mol. The van der Waals surface area contributed by atoms with Gasteiger partial charge in [-0.25, -0.2) is 23.4 Å². The van der Waals surface area contributed by atoms with E-state index in [9.17, 15) is 13.7 Å². The van der Waals surface area contributed by atoms with Crippen LogP contribution in [0.15, 0.2) is 41.4 Å². The molecule has 0 aliphatic carbocycles. The van der Waals surface area contributed by atoms with Crippen molar-refractivity contribution in [1.82, 2.24) is 15.0 Å². The first-order valence-electron chi connectivity index (χ1n) is 7.81. The van der Waals surface area contributed by atoms with Crippen LogP contribution in [0.1, 0.15) is 11.3 Å². The molecule has 2 aromatic heterocycles. The van der Waals surface area contributed by atoms with Gasteiger partial charge in [0.15, 0.2) is 9.84 Å². The van der Waals surface area contributed by atoms with Crippen LogP contribution in [-0.4, -0.2) is 29.6 Å². The lowest BCUT2D eigenvalue weighted by atomic mass is 9.96. The third-order valence-corrected chi connectivity index (χ3v) is 5.11. The Hall–Kier alpha value is -3.51. The highest BCUT2D eigenvalue weighted by molar-refractivity contribution is 7.90. The Labute approximate surface area is 156 Å². The Morgan fingerprint density at radius 1 is 1.11 bits per heavy atom. The number of benzene rings is 1. The number of nitrogens with two attached hydrogens (primary N) is 2. The summed E-state index contributed by atoms with van der Waals surface area (Å²) in [6.07, 6.45) is 2.63. The van der Waals surface area contributed by atoms with E-state index in [1.165, 1.54) is 24.4 Å². The molecule has 0 aliphatic heterocycles. The molecule has 2 heterocycles. The maximum absolute atomic E-state index is 11.7. The number of nitrogens with zero attached hydrogens (tertiary/aromatic N) is 4. The molecule has 0 saturated carbocycles. The fraction of sp³-hybridized carbons (Fsp3) is 0.111. The van der Waals surface area contributed by atoms with Gasteiger partial charge in [-0.15, -0.1) is 0 Å². The van der Waals surface area contributed by atoms with Crippen molar-refractivity contribution >= 4 is 21.6 Å². The second-order valence-corrected chi connectivity index (χ2v) is 7.97. The summed E-state index contributed by atoms with van der Waals surface area (Å²) < 4.78 is 23.4. The van der Waals surface area contributed by atoms with Crippen molar-refractivity contribution in [2.75, 3.05) is 17.7 Å². The number of rotatable bonds is 3. The van der Waals surface area contributed by atoms with Crippen LogP contribution in [0.3, 0.4) is 0 Å². The molecule has 0 radical (unpaired) electrons. The molecular weight excluding hydrogens is 364 g/mol. The molecule has 0 saturated heterocycles. The smallest absolute Gasteiger partial charge is 0.220 e. The molecule has 0 bridgehead atoms. The quantitative estimate of drug-likeness (QED) is 0.700. The summed E-state index contributed by atoms with van der Waals surface area (Å²) in [4.78, 5) is 12.8. The van der Waals surface area contributed by atoms with Gasteiger partial charge in [0.1, 0.15) is 5.82 Å². The molecule has 3 rings (SSSR count). The van der Waals surface area contributed by atoms with Gasteiger partial charge in [0.2, 0.25) is 5.95 Å². The van der Waals surface area contributed by atoms with Crippen molar-refractivity contribution in [3.8, 4) is 28.5 Å². The van der Waals surface area contributed by atoms with Crippen molar-refractivity contribution in [3.05, 3.63) is 47.8 Å². The number of nitriles is 1. The molecule has 8 nitrogen and oxygen atoms in total. The zero-order valence-corrected chi connectivity index (χ0v) is 15.4. The number of sulfone groups is 1. The standard InChI is InChI=1S/C18H16N6O2S/c1-10-16(14-9-22-15(20)7-12(14)8-19)17(24-18(21)23-10)11-3-5-13(6-4-11)27(2,25)26/h3-7,9H,1-2H3,(H2,20,22)(H2,21,23,24). The first kappa shape index (κ1) is 18.3. The van der Waals surface area contributed by atoms with Crippen LogP contribution in [0.25, 0.3) is 22.4 Å². The average Bonchev–Trinajstić information content (AvgIpc) is 2.61. The second kappa shape index (κ2) is 6.66. The van der Waals surface area contributed by atoms with E-state index in [-0.39, 0.29) is 16.7 Å². The van der Waals surface area contributed by atoms with Crippen LogP contribution < -0.4 is 11.5 Å². The third-order valence-electron chi connectivity index (χ3n) is 3.98. The van der Waals surface area contributed by atoms with Crippen LogP contribution in [-0.2, 0) is 9.84 Å². The van der Waals surface area contributed by atoms with Gasteiger partial charge in [-0.3, -0.25) is 0 Å². The SMILES string of the molecule is Cc1nc(N)nc(-c2ccc(S(C)(=O)=O)cc2)c1-c1cnc(N)cc1C#N. The first-order chi connectivity index (χ1) is 12.7. The summed E-state index contributed by atoms with van der Waals surface area (Å²) in [7, 11) is -3.32. The lowest BCUT2D eigenvalue weighted by molar-refractivity contribution is 0.602. The van der Waals surface area contributed by atoms with Gasteiger partial charge in [0.05, 0.1) is 27.9 Å². The molecule has 4 N–H and O–H groups in total. The molecule has 0 amide bonds. The molecule has 1 aromatic carbocycles. The number of nitrogen functional groups attached to an aromatic ring is 2. The Morgan fingerprint density at radius 3 is 2.37 bits per heavy atom. The van der Waals surface area contributed by atoms with Crippen molar-refractivity contribution in [2.45, 2.75) is 11.8 Å². The van der Waals surface area contributed by atoms with Crippen LogP contribution in [0.5, 0.6) is 0 Å². The Balaban J connectivity index is 2.28. The molecule has 3 aromatic rings. The number of anilines is 2. The van der Waals surface area contributed by atoms with Crippen molar-refractivity contribution < 1.29 is 8.42 Å². The third kappa shape index (κ3) is 3.56. The molecule has 136 valence electrons. The van der Waals surface area contributed by atoms with E-state index < -0.39 is 9.84 Å². The Bertz CT molecular complexity index is 1180. The Kier molecular flexibility index (Phi) is 4.51. The highest BCUT2D eigenvalue weighted by atomic mass is 32.2. The zero-order chi connectivity index (χ0) is 19.8. The molecule has 0 aliphatic rings. The fourth-order valence-corrected chi connectivity index (χ4v) is 3.38. The highest BCUT2D eigenvalue weighted by Crippen LogP contribution is 2.35. The largest absolute Gasteiger partial charge is 0.384 e. The topological polar surface area (TPSA) is 149 Å². The van der Waals surface area contributed by atoms with E-state index in [0.717, 1.165) is 6.26 Å². The minimum atomic E-state index is -3.32. The molecule has 0 spiro atoms. The average molecular weight is 380 g/mol. The summed E-state index contributed by atoms with van der Waals surface area (Å²) in [5.41, 5.74) is 14.6. The van der Waals surface area contributed by atoms with E-state index in [4.69, 9.17) is 11.5 Å². The fourth-order valence-electron chi connectivity index (χ4n) is 2.75. The molecular formula is C18H16N6O2S. The van der Waals surface area contributed by atoms with Crippen LogP contribution >= 0.6 is 0 Å². The predicted molar refractivity (Wildman–Crippen MR) is 102 cm³/mol. The summed E-state index contributed by atoms with van der Waals surface area (Å²) in [6.45, 7) is 1.75. The minimum absolute atomic E-state index is 0.0698. The highest BCUT2D eigenvalue weighted by Gasteiger charge is 2.19. The lowest BCUT2D eigenvalue weighted by Crippen LogP contribution is -2.04. The molecule has 27 heavy (non-hydrogen) atoms. The van der Waals surface area contributed by atoms with E-state index in [1.54, 1.807) is 19.1 Å². The number of aromatic nitrogens is 3. The van der Waals surface area contributed by atoms with Crippen molar-refractivity contribution in [1.29, 1.82) is 5.26 Å². The molecule has 0 atom stereocenters.